The van der Waals surface area contributed by atoms with E-state index in [4.69, 9.17) is 0 Å². The molecule has 1 saturated carbocycles. The van der Waals surface area contributed by atoms with Gasteiger partial charge in [0.25, 0.3) is 0 Å². The van der Waals surface area contributed by atoms with E-state index < -0.39 is 0 Å². The molecule has 1 aromatic carbocycles. The van der Waals surface area contributed by atoms with Gasteiger partial charge in [-0.25, -0.2) is 4.39 Å². The standard InChI is InChI=1S/C18H29FN2/c1-4-21(5-2)18(12-6-7-13-18)17(20-3)14-15-8-10-16(19)11-9-15/h8-11,17,20H,4-7,12-14H2,1-3H3. The van der Waals surface area contributed by atoms with Gasteiger partial charge in [0, 0.05) is 11.6 Å². The fourth-order valence-electron chi connectivity index (χ4n) is 4.14. The zero-order chi connectivity index (χ0) is 15.3. The third-order valence-corrected chi connectivity index (χ3v) is 5.21. The normalized spacial score (nSPS) is 19.1. The van der Waals surface area contributed by atoms with Crippen LogP contribution in [0, 0.1) is 5.82 Å². The maximum atomic E-state index is 13.1. The van der Waals surface area contributed by atoms with E-state index in [1.807, 2.05) is 12.1 Å². The summed E-state index contributed by atoms with van der Waals surface area (Å²) in [5.74, 6) is -0.154. The summed E-state index contributed by atoms with van der Waals surface area (Å²) in [4.78, 5) is 2.63. The van der Waals surface area contributed by atoms with Crippen LogP contribution >= 0.6 is 0 Å². The monoisotopic (exact) mass is 292 g/mol. The van der Waals surface area contributed by atoms with Crippen LogP contribution in [0.3, 0.4) is 0 Å². The minimum Gasteiger partial charge on any atom is -0.315 e. The lowest BCUT2D eigenvalue weighted by Gasteiger charge is -2.46. The van der Waals surface area contributed by atoms with Crippen LogP contribution in [0.15, 0.2) is 24.3 Å². The molecule has 1 fully saturated rings. The van der Waals surface area contributed by atoms with Crippen LogP contribution in [-0.2, 0) is 6.42 Å². The number of halogens is 1. The first-order valence-corrected chi connectivity index (χ1v) is 8.33. The molecule has 3 heteroatoms. The molecule has 0 aliphatic heterocycles. The molecule has 0 radical (unpaired) electrons. The molecule has 0 spiro atoms. The van der Waals surface area contributed by atoms with Crippen molar-refractivity contribution in [2.75, 3.05) is 20.1 Å². The second-order valence-corrected chi connectivity index (χ2v) is 6.15. The highest BCUT2D eigenvalue weighted by molar-refractivity contribution is 5.19. The molecule has 1 aliphatic carbocycles. The number of hydrogen-bond acceptors (Lipinski definition) is 2. The summed E-state index contributed by atoms with van der Waals surface area (Å²) in [5, 5.41) is 3.56. The van der Waals surface area contributed by atoms with Crippen molar-refractivity contribution in [1.29, 1.82) is 0 Å². The van der Waals surface area contributed by atoms with E-state index in [-0.39, 0.29) is 11.4 Å². The number of likely N-dealkylation sites (N-methyl/N-ethyl adjacent to an activating group) is 2. The Balaban J connectivity index is 2.21. The number of rotatable bonds is 7. The van der Waals surface area contributed by atoms with Gasteiger partial charge >= 0.3 is 0 Å². The molecule has 2 nitrogen and oxygen atoms in total. The van der Waals surface area contributed by atoms with Gasteiger partial charge in [-0.3, -0.25) is 4.90 Å². The summed E-state index contributed by atoms with van der Waals surface area (Å²) >= 11 is 0. The minimum atomic E-state index is -0.154. The van der Waals surface area contributed by atoms with Crippen molar-refractivity contribution in [1.82, 2.24) is 10.2 Å². The summed E-state index contributed by atoms with van der Waals surface area (Å²) in [6.45, 7) is 6.71. The van der Waals surface area contributed by atoms with E-state index in [0.29, 0.717) is 6.04 Å². The van der Waals surface area contributed by atoms with E-state index in [2.05, 4.69) is 31.1 Å². The molecule has 2 rings (SSSR count). The molecule has 118 valence electrons. The van der Waals surface area contributed by atoms with Gasteiger partial charge in [-0.15, -0.1) is 0 Å². The van der Waals surface area contributed by atoms with Crippen LogP contribution in [0.2, 0.25) is 0 Å². The molecule has 0 aromatic heterocycles. The van der Waals surface area contributed by atoms with Gasteiger partial charge in [-0.2, -0.15) is 0 Å². The fourth-order valence-corrected chi connectivity index (χ4v) is 4.14. The highest BCUT2D eigenvalue weighted by Gasteiger charge is 2.44. The Bertz CT molecular complexity index is 419. The second kappa shape index (κ2) is 7.37. The molecule has 0 amide bonds. The van der Waals surface area contributed by atoms with Crippen LogP contribution in [-0.4, -0.2) is 36.6 Å². The van der Waals surface area contributed by atoms with Gasteiger partial charge in [0.05, 0.1) is 0 Å². The highest BCUT2D eigenvalue weighted by atomic mass is 19.1. The van der Waals surface area contributed by atoms with Crippen molar-refractivity contribution in [3.05, 3.63) is 35.6 Å². The van der Waals surface area contributed by atoms with E-state index in [1.54, 1.807) is 12.1 Å². The lowest BCUT2D eigenvalue weighted by molar-refractivity contribution is 0.0658. The Hall–Kier alpha value is -0.930. The third kappa shape index (κ3) is 3.46. The smallest absolute Gasteiger partial charge is 0.123 e. The number of nitrogens with zero attached hydrogens (tertiary/aromatic N) is 1. The van der Waals surface area contributed by atoms with E-state index in [0.717, 1.165) is 19.5 Å². The zero-order valence-corrected chi connectivity index (χ0v) is 13.7. The minimum absolute atomic E-state index is 0.154. The van der Waals surface area contributed by atoms with E-state index >= 15 is 0 Å². The Morgan fingerprint density at radius 3 is 2.19 bits per heavy atom. The largest absolute Gasteiger partial charge is 0.315 e. The molecule has 1 unspecified atom stereocenters. The van der Waals surface area contributed by atoms with Crippen LogP contribution in [0.5, 0.6) is 0 Å². The van der Waals surface area contributed by atoms with Crippen molar-refractivity contribution >= 4 is 0 Å². The molecule has 1 N–H and O–H groups in total. The Kier molecular flexibility index (Phi) is 5.77. The van der Waals surface area contributed by atoms with Crippen molar-refractivity contribution in [3.63, 3.8) is 0 Å². The highest BCUT2D eigenvalue weighted by Crippen LogP contribution is 2.39. The number of hydrogen-bond donors (Lipinski definition) is 1. The van der Waals surface area contributed by atoms with Gasteiger partial charge in [-0.1, -0.05) is 38.8 Å². The number of nitrogens with one attached hydrogen (secondary N) is 1. The average Bonchev–Trinajstić information content (AvgIpc) is 2.98. The van der Waals surface area contributed by atoms with E-state index in [1.165, 1.54) is 31.2 Å². The summed E-state index contributed by atoms with van der Waals surface area (Å²) in [6, 6.07) is 7.40. The first-order chi connectivity index (χ1) is 10.2. The Morgan fingerprint density at radius 2 is 1.71 bits per heavy atom. The van der Waals surface area contributed by atoms with Crippen molar-refractivity contribution in [2.45, 2.75) is 57.5 Å². The molecule has 1 aromatic rings. The molecule has 21 heavy (non-hydrogen) atoms. The fraction of sp³-hybridized carbons (Fsp3) is 0.667. The third-order valence-electron chi connectivity index (χ3n) is 5.21. The van der Waals surface area contributed by atoms with Crippen LogP contribution in [0.1, 0.15) is 45.1 Å². The van der Waals surface area contributed by atoms with E-state index in [9.17, 15) is 4.39 Å². The first-order valence-electron chi connectivity index (χ1n) is 8.33. The predicted octanol–water partition coefficient (Wildman–Crippen LogP) is 3.61. The van der Waals surface area contributed by atoms with Crippen LogP contribution in [0.25, 0.3) is 0 Å². The molecule has 1 atom stereocenters. The van der Waals surface area contributed by atoms with Gasteiger partial charge in [0.2, 0.25) is 0 Å². The molecule has 1 aliphatic rings. The van der Waals surface area contributed by atoms with Gasteiger partial charge < -0.3 is 5.32 Å². The summed E-state index contributed by atoms with van der Waals surface area (Å²) in [5.41, 5.74) is 1.47. The van der Waals surface area contributed by atoms with Crippen molar-refractivity contribution in [2.24, 2.45) is 0 Å². The van der Waals surface area contributed by atoms with Gasteiger partial charge in [-0.05, 0) is 57.1 Å². The maximum Gasteiger partial charge on any atom is 0.123 e. The number of benzene rings is 1. The van der Waals surface area contributed by atoms with Gasteiger partial charge in [0.15, 0.2) is 0 Å². The first kappa shape index (κ1) is 16.4. The summed E-state index contributed by atoms with van der Waals surface area (Å²) in [6.07, 6.45) is 6.13. The predicted molar refractivity (Wildman–Crippen MR) is 87.1 cm³/mol. The van der Waals surface area contributed by atoms with Crippen LogP contribution < -0.4 is 5.32 Å². The zero-order valence-electron chi connectivity index (χ0n) is 13.7. The maximum absolute atomic E-state index is 13.1. The molecular weight excluding hydrogens is 263 g/mol. The average molecular weight is 292 g/mol. The lowest BCUT2D eigenvalue weighted by Crippen LogP contribution is -2.60. The summed E-state index contributed by atoms with van der Waals surface area (Å²) in [7, 11) is 2.07. The molecule has 0 heterocycles. The van der Waals surface area contributed by atoms with Crippen molar-refractivity contribution < 1.29 is 4.39 Å². The molecule has 0 saturated heterocycles. The molecular formula is C18H29FN2. The van der Waals surface area contributed by atoms with Crippen LogP contribution in [0.4, 0.5) is 4.39 Å². The Morgan fingerprint density at radius 1 is 1.14 bits per heavy atom. The SMILES string of the molecule is CCN(CC)C1(C(Cc2ccc(F)cc2)NC)CCCC1. The molecule has 0 bridgehead atoms. The second-order valence-electron chi connectivity index (χ2n) is 6.15. The lowest BCUT2D eigenvalue weighted by atomic mass is 9.82. The van der Waals surface area contributed by atoms with Crippen molar-refractivity contribution in [3.8, 4) is 0 Å². The quantitative estimate of drug-likeness (QED) is 0.826. The Labute approximate surface area is 128 Å². The summed E-state index contributed by atoms with van der Waals surface area (Å²) < 4.78 is 13.1. The topological polar surface area (TPSA) is 15.3 Å². The van der Waals surface area contributed by atoms with Gasteiger partial charge in [0.1, 0.15) is 5.82 Å².